The van der Waals surface area contributed by atoms with Gasteiger partial charge >= 0.3 is 11.4 Å². The molecule has 1 aromatic rings. The van der Waals surface area contributed by atoms with Crippen molar-refractivity contribution in [2.24, 2.45) is 0 Å². The lowest BCUT2D eigenvalue weighted by molar-refractivity contribution is 0.435. The smallest absolute Gasteiger partial charge is 0.372 e. The zero-order valence-corrected chi connectivity index (χ0v) is 7.84. The molecule has 0 spiro atoms. The van der Waals surface area contributed by atoms with E-state index < -0.39 is 11.4 Å². The predicted octanol–water partition coefficient (Wildman–Crippen LogP) is 2.00. The van der Waals surface area contributed by atoms with Crippen LogP contribution in [0, 0.1) is 0 Å². The molecule has 1 aromatic carbocycles. The lowest BCUT2D eigenvalue weighted by atomic mass is 10.2. The number of hydrogen-bond donors (Lipinski definition) is 0. The molecule has 13 heavy (non-hydrogen) atoms. The Kier molecular flexibility index (Phi) is 2.06. The summed E-state index contributed by atoms with van der Waals surface area (Å²) < 4.78 is 20.7. The average molecular weight is 196 g/mol. The summed E-state index contributed by atoms with van der Waals surface area (Å²) in [5, 5.41) is 0. The third-order valence-electron chi connectivity index (χ3n) is 1.70. The van der Waals surface area contributed by atoms with Crippen molar-refractivity contribution in [2.75, 3.05) is 0 Å². The lowest BCUT2D eigenvalue weighted by Crippen LogP contribution is -1.87. The fourth-order valence-corrected chi connectivity index (χ4v) is 1.79. The fourth-order valence-electron chi connectivity index (χ4n) is 1.12. The van der Waals surface area contributed by atoms with Crippen LogP contribution in [0.5, 0.6) is 0 Å². The summed E-state index contributed by atoms with van der Waals surface area (Å²) in [4.78, 5) is 0. The molecule has 0 fully saturated rings. The minimum atomic E-state index is -1.66. The van der Waals surface area contributed by atoms with Crippen LogP contribution < -0.4 is 0 Å². The van der Waals surface area contributed by atoms with Crippen LogP contribution in [-0.4, -0.2) is 4.21 Å². The van der Waals surface area contributed by atoms with Crippen molar-refractivity contribution in [1.82, 2.24) is 0 Å². The Hall–Kier alpha value is -1.29. The van der Waals surface area contributed by atoms with Gasteiger partial charge in [0.1, 0.15) is 0 Å². The Morgan fingerprint density at radius 1 is 1.15 bits per heavy atom. The standard InChI is InChI=1S/C9H8O3S/c1-7-9(12-13(10)11-7)8-5-3-2-4-6-8/h2-6H,1H3. The van der Waals surface area contributed by atoms with Crippen molar-refractivity contribution < 1.29 is 12.6 Å². The van der Waals surface area contributed by atoms with Gasteiger partial charge in [-0.3, -0.25) is 0 Å². The lowest BCUT2D eigenvalue weighted by Gasteiger charge is -1.97. The monoisotopic (exact) mass is 196 g/mol. The Morgan fingerprint density at radius 3 is 2.38 bits per heavy atom. The highest BCUT2D eigenvalue weighted by molar-refractivity contribution is 7.75. The van der Waals surface area contributed by atoms with Gasteiger partial charge in [0.25, 0.3) is 0 Å². The molecule has 1 heterocycles. The van der Waals surface area contributed by atoms with Gasteiger partial charge in [0.15, 0.2) is 11.5 Å². The average Bonchev–Trinajstić information content (AvgIpc) is 2.47. The molecule has 68 valence electrons. The van der Waals surface area contributed by atoms with Gasteiger partial charge in [-0.05, 0) is 6.92 Å². The Balaban J connectivity index is 2.38. The van der Waals surface area contributed by atoms with E-state index >= 15 is 0 Å². The normalized spacial score (nSPS) is 21.2. The van der Waals surface area contributed by atoms with Gasteiger partial charge in [0.2, 0.25) is 0 Å². The van der Waals surface area contributed by atoms with Crippen molar-refractivity contribution in [1.29, 1.82) is 0 Å². The van der Waals surface area contributed by atoms with E-state index in [2.05, 4.69) is 0 Å². The third kappa shape index (κ3) is 1.58. The van der Waals surface area contributed by atoms with Crippen molar-refractivity contribution >= 4 is 17.1 Å². The zero-order chi connectivity index (χ0) is 9.26. The van der Waals surface area contributed by atoms with E-state index in [1.807, 2.05) is 30.3 Å². The number of allylic oxidation sites excluding steroid dienone is 1. The molecule has 0 amide bonds. The second kappa shape index (κ2) is 3.22. The molecule has 1 atom stereocenters. The summed E-state index contributed by atoms with van der Waals surface area (Å²) in [6, 6.07) is 9.45. The van der Waals surface area contributed by atoms with Crippen LogP contribution in [0.4, 0.5) is 0 Å². The number of hydrogen-bond acceptors (Lipinski definition) is 3. The molecule has 4 heteroatoms. The quantitative estimate of drug-likeness (QED) is 0.689. The predicted molar refractivity (Wildman–Crippen MR) is 49.3 cm³/mol. The molecular weight excluding hydrogens is 188 g/mol. The van der Waals surface area contributed by atoms with Gasteiger partial charge in [-0.2, -0.15) is 4.21 Å². The number of rotatable bonds is 1. The van der Waals surface area contributed by atoms with Gasteiger partial charge in [-0.15, -0.1) is 0 Å². The molecule has 2 rings (SSSR count). The summed E-state index contributed by atoms with van der Waals surface area (Å²) >= 11 is -1.66. The molecular formula is C9H8O3S. The van der Waals surface area contributed by atoms with Crippen LogP contribution in [-0.2, 0) is 19.7 Å². The van der Waals surface area contributed by atoms with Crippen LogP contribution in [0.15, 0.2) is 36.1 Å². The van der Waals surface area contributed by atoms with Crippen LogP contribution >= 0.6 is 0 Å². The highest BCUT2D eigenvalue weighted by atomic mass is 32.2. The molecule has 0 saturated heterocycles. The molecule has 1 aliphatic heterocycles. The molecule has 0 aliphatic carbocycles. The summed E-state index contributed by atoms with van der Waals surface area (Å²) in [6.45, 7) is 1.73. The van der Waals surface area contributed by atoms with Gasteiger partial charge in [0, 0.05) is 5.56 Å². The van der Waals surface area contributed by atoms with Gasteiger partial charge in [-0.1, -0.05) is 30.3 Å². The van der Waals surface area contributed by atoms with Crippen LogP contribution in [0.3, 0.4) is 0 Å². The highest BCUT2D eigenvalue weighted by Crippen LogP contribution is 2.28. The second-order valence-corrected chi connectivity index (χ2v) is 3.36. The van der Waals surface area contributed by atoms with Crippen molar-refractivity contribution in [3.05, 3.63) is 41.7 Å². The van der Waals surface area contributed by atoms with E-state index in [0.717, 1.165) is 5.56 Å². The first-order valence-corrected chi connectivity index (χ1v) is 4.82. The second-order valence-electron chi connectivity index (χ2n) is 2.62. The summed E-state index contributed by atoms with van der Waals surface area (Å²) in [7, 11) is 0. The first-order chi connectivity index (χ1) is 6.27. The van der Waals surface area contributed by atoms with Gasteiger partial charge in [0.05, 0.1) is 0 Å². The zero-order valence-electron chi connectivity index (χ0n) is 7.02. The minimum Gasteiger partial charge on any atom is -0.372 e. The van der Waals surface area contributed by atoms with Crippen LogP contribution in [0.2, 0.25) is 0 Å². The van der Waals surface area contributed by atoms with E-state index in [1.54, 1.807) is 6.92 Å². The first kappa shape index (κ1) is 8.31. The van der Waals surface area contributed by atoms with Gasteiger partial charge in [-0.25, -0.2) is 0 Å². The van der Waals surface area contributed by atoms with E-state index in [0.29, 0.717) is 11.5 Å². The largest absolute Gasteiger partial charge is 0.417 e. The molecule has 0 radical (unpaired) electrons. The maximum Gasteiger partial charge on any atom is 0.417 e. The summed E-state index contributed by atoms with van der Waals surface area (Å²) in [5.74, 6) is 1.11. The maximum atomic E-state index is 10.9. The Bertz CT molecular complexity index is 370. The molecule has 1 aliphatic rings. The molecule has 1 unspecified atom stereocenters. The topological polar surface area (TPSA) is 35.5 Å². The van der Waals surface area contributed by atoms with Crippen molar-refractivity contribution in [3.63, 3.8) is 0 Å². The van der Waals surface area contributed by atoms with Crippen LogP contribution in [0.25, 0.3) is 5.76 Å². The van der Waals surface area contributed by atoms with E-state index in [4.69, 9.17) is 8.37 Å². The summed E-state index contributed by atoms with van der Waals surface area (Å²) in [6.07, 6.45) is 0. The Labute approximate surface area is 78.9 Å². The molecule has 0 aromatic heterocycles. The van der Waals surface area contributed by atoms with Crippen molar-refractivity contribution in [3.8, 4) is 0 Å². The maximum absolute atomic E-state index is 10.9. The molecule has 3 nitrogen and oxygen atoms in total. The molecule has 0 saturated carbocycles. The minimum absolute atomic E-state index is 0.555. The van der Waals surface area contributed by atoms with Crippen molar-refractivity contribution in [2.45, 2.75) is 6.92 Å². The summed E-state index contributed by atoms with van der Waals surface area (Å²) in [5.41, 5.74) is 0.880. The molecule has 0 bridgehead atoms. The van der Waals surface area contributed by atoms with E-state index in [1.165, 1.54) is 0 Å². The van der Waals surface area contributed by atoms with E-state index in [-0.39, 0.29) is 0 Å². The van der Waals surface area contributed by atoms with Crippen LogP contribution in [0.1, 0.15) is 12.5 Å². The SMILES string of the molecule is CC1=C(c2ccccc2)OS(=O)O1. The first-order valence-electron chi connectivity index (χ1n) is 3.82. The van der Waals surface area contributed by atoms with Gasteiger partial charge < -0.3 is 8.37 Å². The van der Waals surface area contributed by atoms with E-state index in [9.17, 15) is 4.21 Å². The molecule has 0 N–H and O–H groups in total. The number of benzene rings is 1. The highest BCUT2D eigenvalue weighted by Gasteiger charge is 2.22. The Morgan fingerprint density at radius 2 is 1.85 bits per heavy atom. The third-order valence-corrected chi connectivity index (χ3v) is 2.39. The fraction of sp³-hybridized carbons (Fsp3) is 0.111.